The highest BCUT2D eigenvalue weighted by Gasteiger charge is 2.09. The lowest BCUT2D eigenvalue weighted by Crippen LogP contribution is -2.13. The Bertz CT molecular complexity index is 498. The molecule has 17 heavy (non-hydrogen) atoms. The smallest absolute Gasteiger partial charge is 0.0701 e. The van der Waals surface area contributed by atoms with Crippen LogP contribution >= 0.6 is 27.3 Å². The third-order valence-electron chi connectivity index (χ3n) is 2.72. The summed E-state index contributed by atoms with van der Waals surface area (Å²) in [4.78, 5) is 1.32. The largest absolute Gasteiger partial charge is 0.324 e. The van der Waals surface area contributed by atoms with Gasteiger partial charge in [0.05, 0.1) is 3.79 Å². The van der Waals surface area contributed by atoms with Gasteiger partial charge in [0.25, 0.3) is 0 Å². The Morgan fingerprint density at radius 3 is 2.35 bits per heavy atom. The molecule has 1 heterocycles. The molecule has 3 heteroatoms. The monoisotopic (exact) mass is 309 g/mol. The van der Waals surface area contributed by atoms with Crippen molar-refractivity contribution in [2.24, 2.45) is 5.73 Å². The molecule has 2 rings (SSSR count). The van der Waals surface area contributed by atoms with E-state index >= 15 is 0 Å². The standard InChI is InChI=1S/C14H16BrNS/c1-9-5-10(2)7-11(6-9)13(16)8-12-3-4-14(15)17-12/h3-7,13H,8,16H2,1-2H3. The minimum absolute atomic E-state index is 0.0825. The van der Waals surface area contributed by atoms with Crippen LogP contribution in [0.1, 0.15) is 27.6 Å². The normalized spacial score (nSPS) is 12.7. The van der Waals surface area contributed by atoms with Gasteiger partial charge in [0.2, 0.25) is 0 Å². The number of nitrogens with two attached hydrogens (primary N) is 1. The first-order valence-corrected chi connectivity index (χ1v) is 7.23. The molecule has 90 valence electrons. The summed E-state index contributed by atoms with van der Waals surface area (Å²) in [6.45, 7) is 4.23. The molecule has 1 atom stereocenters. The van der Waals surface area contributed by atoms with Crippen LogP contribution < -0.4 is 5.73 Å². The summed E-state index contributed by atoms with van der Waals surface area (Å²) in [5, 5.41) is 0. The van der Waals surface area contributed by atoms with Gasteiger partial charge < -0.3 is 5.73 Å². The number of benzene rings is 1. The van der Waals surface area contributed by atoms with Crippen LogP contribution in [0.3, 0.4) is 0 Å². The zero-order valence-electron chi connectivity index (χ0n) is 10.0. The number of rotatable bonds is 3. The minimum Gasteiger partial charge on any atom is -0.324 e. The molecule has 2 aromatic rings. The molecule has 1 aromatic heterocycles. The van der Waals surface area contributed by atoms with Gasteiger partial charge in [-0.1, -0.05) is 29.3 Å². The molecule has 0 spiro atoms. The fourth-order valence-corrected chi connectivity index (χ4v) is 3.56. The van der Waals surface area contributed by atoms with Crippen molar-refractivity contribution < 1.29 is 0 Å². The van der Waals surface area contributed by atoms with E-state index < -0.39 is 0 Å². The molecule has 0 bridgehead atoms. The van der Waals surface area contributed by atoms with Crippen LogP contribution in [0, 0.1) is 13.8 Å². The first-order valence-electron chi connectivity index (χ1n) is 5.62. The van der Waals surface area contributed by atoms with E-state index in [0.717, 1.165) is 6.42 Å². The molecule has 0 amide bonds. The third kappa shape index (κ3) is 3.41. The van der Waals surface area contributed by atoms with E-state index in [1.165, 1.54) is 25.4 Å². The molecule has 1 nitrogen and oxygen atoms in total. The maximum absolute atomic E-state index is 6.27. The number of thiophene rings is 1. The van der Waals surface area contributed by atoms with Gasteiger partial charge in [0.15, 0.2) is 0 Å². The fraction of sp³-hybridized carbons (Fsp3) is 0.286. The van der Waals surface area contributed by atoms with E-state index in [1.807, 2.05) is 0 Å². The fourth-order valence-electron chi connectivity index (χ4n) is 2.02. The van der Waals surface area contributed by atoms with Crippen molar-refractivity contribution in [3.63, 3.8) is 0 Å². The second kappa shape index (κ2) is 5.34. The van der Waals surface area contributed by atoms with E-state index in [2.05, 4.69) is 60.1 Å². The average molecular weight is 310 g/mol. The Morgan fingerprint density at radius 1 is 1.18 bits per heavy atom. The molecule has 2 N–H and O–H groups in total. The van der Waals surface area contributed by atoms with Gasteiger partial charge in [-0.25, -0.2) is 0 Å². The molecule has 0 saturated heterocycles. The van der Waals surface area contributed by atoms with Crippen molar-refractivity contribution in [1.29, 1.82) is 0 Å². The van der Waals surface area contributed by atoms with Crippen LogP contribution in [-0.4, -0.2) is 0 Å². The van der Waals surface area contributed by atoms with Crippen molar-refractivity contribution in [2.75, 3.05) is 0 Å². The summed E-state index contributed by atoms with van der Waals surface area (Å²) in [5.41, 5.74) is 10.1. The number of aryl methyl sites for hydroxylation is 2. The zero-order valence-corrected chi connectivity index (χ0v) is 12.4. The summed E-state index contributed by atoms with van der Waals surface area (Å²) >= 11 is 5.24. The summed E-state index contributed by atoms with van der Waals surface area (Å²) in [6, 6.07) is 10.8. The van der Waals surface area contributed by atoms with E-state index in [0.29, 0.717) is 0 Å². The average Bonchev–Trinajstić information content (AvgIpc) is 2.62. The lowest BCUT2D eigenvalue weighted by molar-refractivity contribution is 0.728. The maximum Gasteiger partial charge on any atom is 0.0701 e. The van der Waals surface area contributed by atoms with Gasteiger partial charge in [-0.3, -0.25) is 0 Å². The Morgan fingerprint density at radius 2 is 1.82 bits per heavy atom. The second-order valence-corrected chi connectivity index (χ2v) is 6.99. The number of hydrogen-bond acceptors (Lipinski definition) is 2. The first-order chi connectivity index (χ1) is 8.04. The molecule has 1 unspecified atom stereocenters. The molecular formula is C14H16BrNS. The third-order valence-corrected chi connectivity index (χ3v) is 4.37. The topological polar surface area (TPSA) is 26.0 Å². The maximum atomic E-state index is 6.27. The van der Waals surface area contributed by atoms with Gasteiger partial charge in [-0.05, 0) is 47.5 Å². The van der Waals surface area contributed by atoms with Gasteiger partial charge in [0.1, 0.15) is 0 Å². The molecule has 0 aliphatic rings. The Balaban J connectivity index is 2.16. The van der Waals surface area contributed by atoms with E-state index in [4.69, 9.17) is 5.73 Å². The molecule has 0 aliphatic carbocycles. The lowest BCUT2D eigenvalue weighted by Gasteiger charge is -2.12. The van der Waals surface area contributed by atoms with Gasteiger partial charge in [-0.2, -0.15) is 0 Å². The highest BCUT2D eigenvalue weighted by molar-refractivity contribution is 9.11. The SMILES string of the molecule is Cc1cc(C)cc(C(N)Cc2ccc(Br)s2)c1. The van der Waals surface area contributed by atoms with Gasteiger partial charge >= 0.3 is 0 Å². The van der Waals surface area contributed by atoms with Crippen molar-refractivity contribution in [3.05, 3.63) is 55.7 Å². The summed E-state index contributed by atoms with van der Waals surface area (Å²) in [5.74, 6) is 0. The van der Waals surface area contributed by atoms with Crippen LogP contribution in [0.5, 0.6) is 0 Å². The summed E-state index contributed by atoms with van der Waals surface area (Å²) < 4.78 is 1.17. The number of halogens is 1. The zero-order chi connectivity index (χ0) is 12.4. The molecule has 0 aliphatic heterocycles. The Kier molecular flexibility index (Phi) is 4.02. The Hall–Kier alpha value is -0.640. The predicted octanol–water partition coefficient (Wildman–Crippen LogP) is 4.37. The van der Waals surface area contributed by atoms with Crippen LogP contribution in [0.25, 0.3) is 0 Å². The van der Waals surface area contributed by atoms with E-state index in [9.17, 15) is 0 Å². The second-order valence-electron chi connectivity index (χ2n) is 4.44. The van der Waals surface area contributed by atoms with Crippen molar-refractivity contribution in [3.8, 4) is 0 Å². The predicted molar refractivity (Wildman–Crippen MR) is 78.6 cm³/mol. The van der Waals surface area contributed by atoms with E-state index in [1.54, 1.807) is 11.3 Å². The first kappa shape index (κ1) is 12.8. The highest BCUT2D eigenvalue weighted by atomic mass is 79.9. The Labute approximate surface area is 115 Å². The van der Waals surface area contributed by atoms with Crippen molar-refractivity contribution in [2.45, 2.75) is 26.3 Å². The van der Waals surface area contributed by atoms with Gasteiger partial charge in [-0.15, -0.1) is 11.3 Å². The molecular weight excluding hydrogens is 294 g/mol. The van der Waals surface area contributed by atoms with Gasteiger partial charge in [0, 0.05) is 17.3 Å². The summed E-state index contributed by atoms with van der Waals surface area (Å²) in [7, 11) is 0. The molecule has 0 radical (unpaired) electrons. The van der Waals surface area contributed by atoms with Crippen LogP contribution in [0.4, 0.5) is 0 Å². The van der Waals surface area contributed by atoms with E-state index in [-0.39, 0.29) is 6.04 Å². The van der Waals surface area contributed by atoms with Crippen LogP contribution in [0.15, 0.2) is 34.1 Å². The summed E-state index contributed by atoms with van der Waals surface area (Å²) in [6.07, 6.45) is 0.902. The van der Waals surface area contributed by atoms with Crippen molar-refractivity contribution >= 4 is 27.3 Å². The number of hydrogen-bond donors (Lipinski definition) is 1. The minimum atomic E-state index is 0.0825. The van der Waals surface area contributed by atoms with Crippen LogP contribution in [0.2, 0.25) is 0 Å². The quantitative estimate of drug-likeness (QED) is 0.895. The molecule has 0 saturated carbocycles. The molecule has 1 aromatic carbocycles. The lowest BCUT2D eigenvalue weighted by atomic mass is 9.99. The van der Waals surface area contributed by atoms with Crippen molar-refractivity contribution in [1.82, 2.24) is 0 Å². The highest BCUT2D eigenvalue weighted by Crippen LogP contribution is 2.26. The van der Waals surface area contributed by atoms with Crippen LogP contribution in [-0.2, 0) is 6.42 Å². The molecule has 0 fully saturated rings.